The van der Waals surface area contributed by atoms with Gasteiger partial charge >= 0.3 is 0 Å². The third-order valence-electron chi connectivity index (χ3n) is 4.23. The third kappa shape index (κ3) is 6.11. The van der Waals surface area contributed by atoms with E-state index in [1.54, 1.807) is 24.3 Å². The Labute approximate surface area is 192 Å². The molecule has 3 aromatic rings. The van der Waals surface area contributed by atoms with Crippen LogP contribution in [0.15, 0.2) is 59.1 Å². The summed E-state index contributed by atoms with van der Waals surface area (Å²) in [6.45, 7) is 2.26. The molecule has 0 aliphatic rings. The van der Waals surface area contributed by atoms with Crippen LogP contribution in [0.3, 0.4) is 0 Å². The summed E-state index contributed by atoms with van der Waals surface area (Å²) in [4.78, 5) is 12.1. The zero-order valence-corrected chi connectivity index (χ0v) is 19.0. The van der Waals surface area contributed by atoms with Gasteiger partial charge in [-0.1, -0.05) is 35.3 Å². The lowest BCUT2D eigenvalue weighted by molar-refractivity contribution is -0.118. The monoisotopic (exact) mass is 510 g/mol. The van der Waals surface area contributed by atoms with Crippen molar-refractivity contribution in [1.82, 2.24) is 0 Å². The molecule has 3 aromatic carbocycles. The van der Waals surface area contributed by atoms with E-state index in [1.165, 1.54) is 12.1 Å². The molecule has 0 fully saturated rings. The first-order chi connectivity index (χ1) is 14.3. The molecule has 8 heteroatoms. The molecule has 0 heterocycles. The number of hydrogen-bond acceptors (Lipinski definition) is 3. The lowest BCUT2D eigenvalue weighted by Crippen LogP contribution is -2.20. The van der Waals surface area contributed by atoms with Crippen LogP contribution in [0, 0.1) is 12.7 Å². The maximum atomic E-state index is 13.2. The van der Waals surface area contributed by atoms with E-state index in [0.29, 0.717) is 33.2 Å². The van der Waals surface area contributed by atoms with Crippen LogP contribution in [0.2, 0.25) is 10.0 Å². The number of carbonyl (C=O) groups is 1. The van der Waals surface area contributed by atoms with Crippen LogP contribution in [0.5, 0.6) is 5.75 Å². The number of anilines is 2. The molecular formula is C22H18BrCl2FN2O2. The number of ether oxygens (including phenoxy) is 1. The van der Waals surface area contributed by atoms with Crippen molar-refractivity contribution in [2.75, 3.05) is 17.2 Å². The van der Waals surface area contributed by atoms with Gasteiger partial charge in [0.05, 0.1) is 9.50 Å². The van der Waals surface area contributed by atoms with Gasteiger partial charge in [0.15, 0.2) is 6.61 Å². The molecule has 0 radical (unpaired) electrons. The minimum absolute atomic E-state index is 0.0658. The Hall–Kier alpha value is -2.28. The molecule has 3 rings (SSSR count). The molecule has 1 amide bonds. The van der Waals surface area contributed by atoms with Gasteiger partial charge in [0.25, 0.3) is 5.91 Å². The van der Waals surface area contributed by atoms with Crippen LogP contribution < -0.4 is 15.4 Å². The average molecular weight is 512 g/mol. The van der Waals surface area contributed by atoms with Crippen molar-refractivity contribution >= 4 is 56.4 Å². The van der Waals surface area contributed by atoms with E-state index in [0.717, 1.165) is 11.1 Å². The van der Waals surface area contributed by atoms with Crippen LogP contribution in [0.25, 0.3) is 0 Å². The van der Waals surface area contributed by atoms with Crippen LogP contribution in [0.4, 0.5) is 15.8 Å². The first-order valence-electron chi connectivity index (χ1n) is 8.98. The van der Waals surface area contributed by atoms with E-state index in [2.05, 4.69) is 26.6 Å². The lowest BCUT2D eigenvalue weighted by Gasteiger charge is -2.12. The van der Waals surface area contributed by atoms with Gasteiger partial charge in [0.2, 0.25) is 0 Å². The Morgan fingerprint density at radius 3 is 2.47 bits per heavy atom. The summed E-state index contributed by atoms with van der Waals surface area (Å²) in [5.74, 6) is -0.206. The zero-order valence-electron chi connectivity index (χ0n) is 15.9. The van der Waals surface area contributed by atoms with Gasteiger partial charge in [-0.3, -0.25) is 4.79 Å². The molecule has 0 aliphatic heterocycles. The Balaban J connectivity index is 1.53. The van der Waals surface area contributed by atoms with Crippen LogP contribution in [0.1, 0.15) is 11.1 Å². The van der Waals surface area contributed by atoms with Gasteiger partial charge in [-0.05, 0) is 76.4 Å². The van der Waals surface area contributed by atoms with Gasteiger partial charge < -0.3 is 15.4 Å². The third-order valence-corrected chi connectivity index (χ3v) is 5.54. The molecule has 0 unspecified atom stereocenters. The average Bonchev–Trinajstić information content (AvgIpc) is 2.71. The Morgan fingerprint density at radius 2 is 1.77 bits per heavy atom. The maximum absolute atomic E-state index is 13.2. The minimum Gasteiger partial charge on any atom is -0.483 e. The van der Waals surface area contributed by atoms with E-state index in [9.17, 15) is 9.18 Å². The second kappa shape index (κ2) is 10.2. The molecule has 156 valence electrons. The summed E-state index contributed by atoms with van der Waals surface area (Å²) in [5, 5.41) is 6.57. The Morgan fingerprint density at radius 1 is 1.03 bits per heavy atom. The molecule has 0 bridgehead atoms. The summed E-state index contributed by atoms with van der Waals surface area (Å²) in [5.41, 5.74) is 3.23. The Bertz CT molecular complexity index is 1080. The number of amides is 1. The molecule has 0 saturated heterocycles. The highest BCUT2D eigenvalue weighted by Crippen LogP contribution is 2.27. The maximum Gasteiger partial charge on any atom is 0.262 e. The minimum atomic E-state index is -0.457. The van der Waals surface area contributed by atoms with Gasteiger partial charge in [-0.25, -0.2) is 4.39 Å². The highest BCUT2D eigenvalue weighted by atomic mass is 79.9. The predicted octanol–water partition coefficient (Wildman–Crippen LogP) is 6.83. The molecule has 0 aromatic heterocycles. The topological polar surface area (TPSA) is 50.4 Å². The number of carbonyl (C=O) groups excluding carboxylic acids is 1. The number of halogens is 4. The largest absolute Gasteiger partial charge is 0.483 e. The number of nitrogens with one attached hydrogen (secondary N) is 2. The number of aryl methyl sites for hydroxylation is 1. The molecule has 0 aliphatic carbocycles. The van der Waals surface area contributed by atoms with E-state index < -0.39 is 5.82 Å². The fraction of sp³-hybridized carbons (Fsp3) is 0.136. The highest BCUT2D eigenvalue weighted by Gasteiger charge is 2.08. The molecule has 0 saturated carbocycles. The van der Waals surface area contributed by atoms with Crippen LogP contribution in [-0.4, -0.2) is 12.5 Å². The number of benzene rings is 3. The summed E-state index contributed by atoms with van der Waals surface area (Å²) < 4.78 is 19.5. The van der Waals surface area contributed by atoms with Crippen LogP contribution >= 0.6 is 39.1 Å². The van der Waals surface area contributed by atoms with E-state index in [4.69, 9.17) is 27.9 Å². The van der Waals surface area contributed by atoms with Crippen molar-refractivity contribution in [3.63, 3.8) is 0 Å². The lowest BCUT2D eigenvalue weighted by atomic mass is 10.2. The molecule has 2 N–H and O–H groups in total. The summed E-state index contributed by atoms with van der Waals surface area (Å²) in [7, 11) is 0. The van der Waals surface area contributed by atoms with Gasteiger partial charge in [-0.15, -0.1) is 0 Å². The van der Waals surface area contributed by atoms with E-state index >= 15 is 0 Å². The second-order valence-electron chi connectivity index (χ2n) is 6.55. The van der Waals surface area contributed by atoms with Gasteiger partial charge in [0, 0.05) is 22.9 Å². The molecule has 0 atom stereocenters. The van der Waals surface area contributed by atoms with Crippen molar-refractivity contribution in [2.45, 2.75) is 13.5 Å². The first-order valence-corrected chi connectivity index (χ1v) is 10.5. The van der Waals surface area contributed by atoms with Crippen molar-refractivity contribution in [3.8, 4) is 5.75 Å². The second-order valence-corrected chi connectivity index (χ2v) is 8.22. The summed E-state index contributed by atoms with van der Waals surface area (Å²) in [6, 6.07) is 15.3. The van der Waals surface area contributed by atoms with Crippen LogP contribution in [-0.2, 0) is 11.3 Å². The standard InChI is InChI=1S/C22H18BrCl2FN2O2/c1-13-2-4-16(10-18(13)24)28-22(29)12-30-21-7-3-14(8-17(21)23)11-27-15-5-6-20(26)19(25)9-15/h2-10,27H,11-12H2,1H3,(H,28,29). The molecule has 0 spiro atoms. The van der Waals surface area contributed by atoms with Gasteiger partial charge in [-0.2, -0.15) is 0 Å². The van der Waals surface area contributed by atoms with Crippen molar-refractivity contribution in [2.24, 2.45) is 0 Å². The quantitative estimate of drug-likeness (QED) is 0.365. The van der Waals surface area contributed by atoms with E-state index in [1.807, 2.05) is 25.1 Å². The fourth-order valence-corrected chi connectivity index (χ4v) is 3.49. The van der Waals surface area contributed by atoms with Crippen molar-refractivity contribution < 1.29 is 13.9 Å². The SMILES string of the molecule is Cc1ccc(NC(=O)COc2ccc(CNc3ccc(F)c(Cl)c3)cc2Br)cc1Cl. The van der Waals surface area contributed by atoms with E-state index in [-0.39, 0.29) is 17.5 Å². The number of rotatable bonds is 7. The summed E-state index contributed by atoms with van der Waals surface area (Å²) in [6.07, 6.45) is 0. The van der Waals surface area contributed by atoms with Gasteiger partial charge in [0.1, 0.15) is 11.6 Å². The smallest absolute Gasteiger partial charge is 0.262 e. The normalized spacial score (nSPS) is 10.6. The summed E-state index contributed by atoms with van der Waals surface area (Å²) >= 11 is 15.3. The fourth-order valence-electron chi connectivity index (χ4n) is 2.59. The Kier molecular flexibility index (Phi) is 7.58. The molecule has 30 heavy (non-hydrogen) atoms. The van der Waals surface area contributed by atoms with Crippen molar-refractivity contribution in [3.05, 3.63) is 86.1 Å². The number of hydrogen-bond donors (Lipinski definition) is 2. The zero-order chi connectivity index (χ0) is 21.7. The molecular weight excluding hydrogens is 494 g/mol. The predicted molar refractivity (Wildman–Crippen MR) is 123 cm³/mol. The van der Waals surface area contributed by atoms with Crippen molar-refractivity contribution in [1.29, 1.82) is 0 Å². The first kappa shape index (κ1) is 22.4. The molecule has 4 nitrogen and oxygen atoms in total. The highest BCUT2D eigenvalue weighted by molar-refractivity contribution is 9.10.